The molecule has 0 bridgehead atoms. The first-order chi connectivity index (χ1) is 14.9. The third-order valence-corrected chi connectivity index (χ3v) is 4.75. The molecule has 0 radical (unpaired) electrons. The Kier molecular flexibility index (Phi) is 6.99. The van der Waals surface area contributed by atoms with Crippen LogP contribution in [0.5, 0.6) is 0 Å². The SMILES string of the molecule is COCCCN(C(=O)c1cccc(C)n1)c1c(N)n(Cc2ccccc2)c(=O)[nH]c1=O. The average molecular weight is 423 g/mol. The predicted octanol–water partition coefficient (Wildman–Crippen LogP) is 1.55. The monoisotopic (exact) mass is 423 g/mol. The molecule has 0 fully saturated rings. The molecule has 0 aliphatic heterocycles. The summed E-state index contributed by atoms with van der Waals surface area (Å²) in [5, 5.41) is 0. The molecule has 0 aliphatic rings. The molecule has 2 heterocycles. The number of nitrogens with zero attached hydrogens (tertiary/aromatic N) is 3. The molecule has 0 unspecified atom stereocenters. The number of nitrogens with two attached hydrogens (primary N) is 1. The Hall–Kier alpha value is -3.72. The van der Waals surface area contributed by atoms with Crippen molar-refractivity contribution in [2.24, 2.45) is 0 Å². The number of carbonyl (C=O) groups is 1. The first kappa shape index (κ1) is 22.0. The van der Waals surface area contributed by atoms with Gasteiger partial charge in [0.1, 0.15) is 11.5 Å². The minimum atomic E-state index is -0.731. The number of carbonyl (C=O) groups excluding carboxylic acids is 1. The molecule has 3 aromatic rings. The van der Waals surface area contributed by atoms with Crippen molar-refractivity contribution in [1.82, 2.24) is 14.5 Å². The Labute approximate surface area is 179 Å². The summed E-state index contributed by atoms with van der Waals surface area (Å²) in [6.07, 6.45) is 0.463. The van der Waals surface area contributed by atoms with Crippen molar-refractivity contribution >= 4 is 17.4 Å². The van der Waals surface area contributed by atoms with Crippen molar-refractivity contribution in [2.45, 2.75) is 19.9 Å². The summed E-state index contributed by atoms with van der Waals surface area (Å²) in [5.41, 5.74) is 6.49. The summed E-state index contributed by atoms with van der Waals surface area (Å²) in [4.78, 5) is 46.3. The fourth-order valence-electron chi connectivity index (χ4n) is 3.24. The van der Waals surface area contributed by atoms with E-state index in [2.05, 4.69) is 9.97 Å². The second kappa shape index (κ2) is 9.86. The van der Waals surface area contributed by atoms with E-state index in [1.165, 1.54) is 9.47 Å². The molecule has 0 saturated carbocycles. The number of nitrogen functional groups attached to an aromatic ring is 1. The lowest BCUT2D eigenvalue weighted by atomic mass is 10.2. The quantitative estimate of drug-likeness (QED) is 0.530. The number of ether oxygens (including phenoxy) is 1. The highest BCUT2D eigenvalue weighted by atomic mass is 16.5. The van der Waals surface area contributed by atoms with Gasteiger partial charge in [0.25, 0.3) is 11.5 Å². The van der Waals surface area contributed by atoms with Gasteiger partial charge in [0.05, 0.1) is 6.54 Å². The highest BCUT2D eigenvalue weighted by molar-refractivity contribution is 6.06. The molecule has 9 heteroatoms. The van der Waals surface area contributed by atoms with Crippen LogP contribution in [0.3, 0.4) is 0 Å². The van der Waals surface area contributed by atoms with Crippen molar-refractivity contribution < 1.29 is 9.53 Å². The lowest BCUT2D eigenvalue weighted by molar-refractivity contribution is 0.0978. The largest absolute Gasteiger partial charge is 0.385 e. The van der Waals surface area contributed by atoms with E-state index in [0.717, 1.165) is 5.56 Å². The number of nitrogens with one attached hydrogen (secondary N) is 1. The number of rotatable bonds is 8. The lowest BCUT2D eigenvalue weighted by Crippen LogP contribution is -2.42. The number of anilines is 2. The molecule has 2 aromatic heterocycles. The zero-order valence-corrected chi connectivity index (χ0v) is 17.5. The normalized spacial score (nSPS) is 10.8. The van der Waals surface area contributed by atoms with Crippen molar-refractivity contribution in [1.29, 1.82) is 0 Å². The van der Waals surface area contributed by atoms with Gasteiger partial charge in [-0.05, 0) is 31.0 Å². The van der Waals surface area contributed by atoms with Crippen LogP contribution in [0.2, 0.25) is 0 Å². The van der Waals surface area contributed by atoms with Crippen molar-refractivity contribution in [3.8, 4) is 0 Å². The molecular formula is C22H25N5O4. The molecule has 1 aromatic carbocycles. The first-order valence-electron chi connectivity index (χ1n) is 9.83. The first-order valence-corrected chi connectivity index (χ1v) is 9.83. The van der Waals surface area contributed by atoms with Gasteiger partial charge in [-0.25, -0.2) is 9.78 Å². The number of aryl methyl sites for hydroxylation is 1. The van der Waals surface area contributed by atoms with Gasteiger partial charge >= 0.3 is 5.69 Å². The van der Waals surface area contributed by atoms with Gasteiger partial charge in [0, 0.05) is 26.0 Å². The molecule has 0 aliphatic carbocycles. The molecule has 0 spiro atoms. The molecule has 162 valence electrons. The van der Waals surface area contributed by atoms with E-state index in [1.807, 2.05) is 30.3 Å². The Morgan fingerprint density at radius 2 is 1.90 bits per heavy atom. The zero-order chi connectivity index (χ0) is 22.4. The minimum absolute atomic E-state index is 0.0834. The fraction of sp³-hybridized carbons (Fsp3) is 0.273. The third kappa shape index (κ3) is 5.07. The van der Waals surface area contributed by atoms with Crippen LogP contribution in [0.4, 0.5) is 11.5 Å². The number of aromatic amines is 1. The Balaban J connectivity index is 2.09. The molecular weight excluding hydrogens is 398 g/mol. The highest BCUT2D eigenvalue weighted by Gasteiger charge is 2.26. The van der Waals surface area contributed by atoms with Gasteiger partial charge in [-0.2, -0.15) is 0 Å². The summed E-state index contributed by atoms with van der Waals surface area (Å²) in [6.45, 7) is 2.47. The smallest absolute Gasteiger partial charge is 0.330 e. The molecule has 31 heavy (non-hydrogen) atoms. The lowest BCUT2D eigenvalue weighted by Gasteiger charge is -2.24. The average Bonchev–Trinajstić information content (AvgIpc) is 2.76. The summed E-state index contributed by atoms with van der Waals surface area (Å²) >= 11 is 0. The van der Waals surface area contributed by atoms with E-state index in [9.17, 15) is 14.4 Å². The second-order valence-corrected chi connectivity index (χ2v) is 7.03. The maximum Gasteiger partial charge on any atom is 0.330 e. The van der Waals surface area contributed by atoms with Gasteiger partial charge in [-0.1, -0.05) is 36.4 Å². The summed E-state index contributed by atoms with van der Waals surface area (Å²) in [7, 11) is 1.55. The summed E-state index contributed by atoms with van der Waals surface area (Å²) < 4.78 is 6.33. The van der Waals surface area contributed by atoms with Gasteiger partial charge in [-0.3, -0.25) is 24.0 Å². The molecule has 1 amide bonds. The number of methoxy groups -OCH3 is 1. The van der Waals surface area contributed by atoms with Gasteiger partial charge < -0.3 is 10.5 Å². The number of benzene rings is 1. The molecule has 3 N–H and O–H groups in total. The molecule has 9 nitrogen and oxygen atoms in total. The number of amides is 1. The van der Waals surface area contributed by atoms with Crippen LogP contribution in [-0.2, 0) is 11.3 Å². The summed E-state index contributed by atoms with van der Waals surface area (Å²) in [5.74, 6) is -0.571. The van der Waals surface area contributed by atoms with E-state index >= 15 is 0 Å². The zero-order valence-electron chi connectivity index (χ0n) is 17.5. The molecule has 0 saturated heterocycles. The number of H-pyrrole nitrogens is 1. The number of hydrogen-bond acceptors (Lipinski definition) is 6. The molecule has 0 atom stereocenters. The van der Waals surface area contributed by atoms with Gasteiger partial charge in [0.15, 0.2) is 5.69 Å². The van der Waals surface area contributed by atoms with Crippen molar-refractivity contribution in [3.05, 3.63) is 86.3 Å². The van der Waals surface area contributed by atoms with Crippen LogP contribution in [0.25, 0.3) is 0 Å². The Morgan fingerprint density at radius 3 is 2.58 bits per heavy atom. The van der Waals surface area contributed by atoms with Crippen LogP contribution < -0.4 is 21.9 Å². The number of pyridine rings is 1. The van der Waals surface area contributed by atoms with E-state index in [1.54, 1.807) is 32.2 Å². The van der Waals surface area contributed by atoms with E-state index in [4.69, 9.17) is 10.5 Å². The fourth-order valence-corrected chi connectivity index (χ4v) is 3.24. The minimum Gasteiger partial charge on any atom is -0.385 e. The van der Waals surface area contributed by atoms with Crippen LogP contribution in [0, 0.1) is 6.92 Å². The second-order valence-electron chi connectivity index (χ2n) is 7.03. The highest BCUT2D eigenvalue weighted by Crippen LogP contribution is 2.20. The van der Waals surface area contributed by atoms with Crippen LogP contribution in [-0.4, -0.2) is 40.7 Å². The maximum absolute atomic E-state index is 13.3. The van der Waals surface area contributed by atoms with Crippen LogP contribution in [0.15, 0.2) is 58.1 Å². The van der Waals surface area contributed by atoms with E-state index in [-0.39, 0.29) is 30.3 Å². The molecule has 3 rings (SSSR count). The third-order valence-electron chi connectivity index (χ3n) is 4.75. The topological polar surface area (TPSA) is 123 Å². The maximum atomic E-state index is 13.3. The van der Waals surface area contributed by atoms with Gasteiger partial charge in [-0.15, -0.1) is 0 Å². The van der Waals surface area contributed by atoms with Crippen LogP contribution >= 0.6 is 0 Å². The summed E-state index contributed by atoms with van der Waals surface area (Å²) in [6, 6.07) is 14.3. The predicted molar refractivity (Wildman–Crippen MR) is 118 cm³/mol. The van der Waals surface area contributed by atoms with Crippen molar-refractivity contribution in [3.63, 3.8) is 0 Å². The number of hydrogen-bond donors (Lipinski definition) is 2. The van der Waals surface area contributed by atoms with E-state index in [0.29, 0.717) is 18.7 Å². The van der Waals surface area contributed by atoms with E-state index < -0.39 is 17.2 Å². The van der Waals surface area contributed by atoms with Gasteiger partial charge in [0.2, 0.25) is 0 Å². The Morgan fingerprint density at radius 1 is 1.16 bits per heavy atom. The van der Waals surface area contributed by atoms with Crippen LogP contribution in [0.1, 0.15) is 28.2 Å². The standard InChI is InChI=1S/C22H25N5O4/c1-15-8-6-11-17(24-15)21(29)26(12-7-13-31-2)18-19(23)27(22(30)25-20(18)28)14-16-9-4-3-5-10-16/h3-6,8-11H,7,12-14,23H2,1-2H3,(H,25,28,30). The van der Waals surface area contributed by atoms with Crippen molar-refractivity contribution in [2.75, 3.05) is 30.9 Å². The Bertz CT molecular complexity index is 1170. The number of aromatic nitrogens is 3.